The second kappa shape index (κ2) is 9.01. The van der Waals surface area contributed by atoms with Gasteiger partial charge in [-0.05, 0) is 19.8 Å². The zero-order chi connectivity index (χ0) is 17.5. The molecule has 0 atom stereocenters. The third kappa shape index (κ3) is 5.78. The molecule has 1 saturated carbocycles. The number of aromatic nitrogens is 1. The van der Waals surface area contributed by atoms with E-state index < -0.39 is 0 Å². The van der Waals surface area contributed by atoms with Gasteiger partial charge in [0.25, 0.3) is 0 Å². The van der Waals surface area contributed by atoms with Crippen LogP contribution in [0.1, 0.15) is 42.8 Å². The van der Waals surface area contributed by atoms with Gasteiger partial charge in [-0.25, -0.2) is 9.98 Å². The summed E-state index contributed by atoms with van der Waals surface area (Å²) in [4.78, 5) is 24.6. The lowest BCUT2D eigenvalue weighted by Gasteiger charge is -2.29. The Labute approximate surface area is 149 Å². The van der Waals surface area contributed by atoms with Crippen molar-refractivity contribution >= 4 is 23.2 Å². The fraction of sp³-hybridized carbons (Fsp3) is 0.706. The molecule has 1 amide bonds. The van der Waals surface area contributed by atoms with Crippen LogP contribution in [0.25, 0.3) is 0 Å². The molecule has 1 fully saturated rings. The summed E-state index contributed by atoms with van der Waals surface area (Å²) < 4.78 is 0. The molecule has 0 saturated heterocycles. The lowest BCUT2D eigenvalue weighted by molar-refractivity contribution is -0.127. The SMILES string of the molecule is Cc1nc(CN(C)C(=NCC(=O)N(C)C)NC2CCCCC2)cs1. The molecule has 0 bridgehead atoms. The summed E-state index contributed by atoms with van der Waals surface area (Å²) in [6.45, 7) is 2.88. The molecule has 1 aliphatic carbocycles. The first-order chi connectivity index (χ1) is 11.5. The maximum Gasteiger partial charge on any atom is 0.243 e. The van der Waals surface area contributed by atoms with Gasteiger partial charge in [0.15, 0.2) is 5.96 Å². The first-order valence-electron chi connectivity index (χ1n) is 8.59. The zero-order valence-electron chi connectivity index (χ0n) is 15.2. The van der Waals surface area contributed by atoms with Crippen molar-refractivity contribution in [1.29, 1.82) is 0 Å². The third-order valence-corrected chi connectivity index (χ3v) is 5.05. The van der Waals surface area contributed by atoms with Crippen molar-refractivity contribution in [2.24, 2.45) is 4.99 Å². The van der Waals surface area contributed by atoms with Crippen LogP contribution >= 0.6 is 11.3 Å². The number of guanidine groups is 1. The molecule has 0 aliphatic heterocycles. The smallest absolute Gasteiger partial charge is 0.243 e. The number of rotatable bonds is 5. The molecule has 0 radical (unpaired) electrons. The number of likely N-dealkylation sites (N-methyl/N-ethyl adjacent to an activating group) is 1. The molecule has 1 aliphatic rings. The molecule has 24 heavy (non-hydrogen) atoms. The highest BCUT2D eigenvalue weighted by molar-refractivity contribution is 7.09. The summed E-state index contributed by atoms with van der Waals surface area (Å²) >= 11 is 1.66. The maximum absolute atomic E-state index is 11.9. The Kier molecular flexibility index (Phi) is 7.02. The fourth-order valence-electron chi connectivity index (χ4n) is 2.79. The van der Waals surface area contributed by atoms with Gasteiger partial charge in [0.1, 0.15) is 6.54 Å². The number of hydrogen-bond acceptors (Lipinski definition) is 4. The minimum absolute atomic E-state index is 0.0100. The lowest BCUT2D eigenvalue weighted by atomic mass is 9.96. The predicted octanol–water partition coefficient (Wildman–Crippen LogP) is 2.25. The Bertz CT molecular complexity index is 563. The van der Waals surface area contributed by atoms with Crippen LogP contribution in [0.15, 0.2) is 10.4 Å². The number of carbonyl (C=O) groups excluding carboxylic acids is 1. The topological polar surface area (TPSA) is 60.8 Å². The van der Waals surface area contributed by atoms with Crippen LogP contribution in [0.5, 0.6) is 0 Å². The summed E-state index contributed by atoms with van der Waals surface area (Å²) in [5.74, 6) is 0.804. The largest absolute Gasteiger partial charge is 0.353 e. The van der Waals surface area contributed by atoms with Gasteiger partial charge in [0, 0.05) is 32.6 Å². The normalized spacial score (nSPS) is 16.1. The fourth-order valence-corrected chi connectivity index (χ4v) is 3.39. The molecule has 2 rings (SSSR count). The number of nitrogens with zero attached hydrogens (tertiary/aromatic N) is 4. The van der Waals surface area contributed by atoms with Crippen molar-refractivity contribution in [2.45, 2.75) is 51.6 Å². The second-order valence-corrected chi connectivity index (χ2v) is 7.68. The van der Waals surface area contributed by atoms with E-state index in [1.54, 1.807) is 30.3 Å². The Morgan fingerprint density at radius 2 is 2.04 bits per heavy atom. The van der Waals surface area contributed by atoms with E-state index >= 15 is 0 Å². The number of nitrogens with one attached hydrogen (secondary N) is 1. The highest BCUT2D eigenvalue weighted by atomic mass is 32.1. The molecular formula is C17H29N5OS. The Morgan fingerprint density at radius 3 is 2.62 bits per heavy atom. The highest BCUT2D eigenvalue weighted by Crippen LogP contribution is 2.18. The van der Waals surface area contributed by atoms with E-state index in [1.807, 2.05) is 14.0 Å². The number of carbonyl (C=O) groups is 1. The van der Waals surface area contributed by atoms with Gasteiger partial charge < -0.3 is 15.1 Å². The Morgan fingerprint density at radius 1 is 1.33 bits per heavy atom. The van der Waals surface area contributed by atoms with Gasteiger partial charge in [-0.2, -0.15) is 0 Å². The molecule has 0 unspecified atom stereocenters. The summed E-state index contributed by atoms with van der Waals surface area (Å²) in [5.41, 5.74) is 1.04. The van der Waals surface area contributed by atoms with Gasteiger partial charge in [-0.3, -0.25) is 4.79 Å². The van der Waals surface area contributed by atoms with E-state index in [0.29, 0.717) is 12.6 Å². The third-order valence-electron chi connectivity index (χ3n) is 4.23. The predicted molar refractivity (Wildman–Crippen MR) is 99.3 cm³/mol. The van der Waals surface area contributed by atoms with Gasteiger partial charge >= 0.3 is 0 Å². The monoisotopic (exact) mass is 351 g/mol. The van der Waals surface area contributed by atoms with Crippen LogP contribution in [0, 0.1) is 6.92 Å². The quantitative estimate of drug-likeness (QED) is 0.653. The molecule has 134 valence electrons. The van der Waals surface area contributed by atoms with Crippen molar-refractivity contribution in [2.75, 3.05) is 27.7 Å². The summed E-state index contributed by atoms with van der Waals surface area (Å²) in [6, 6.07) is 0.451. The van der Waals surface area contributed by atoms with E-state index in [2.05, 4.69) is 25.6 Å². The first-order valence-corrected chi connectivity index (χ1v) is 9.47. The molecule has 6 nitrogen and oxygen atoms in total. The minimum Gasteiger partial charge on any atom is -0.353 e. The van der Waals surface area contributed by atoms with Gasteiger partial charge in [-0.1, -0.05) is 19.3 Å². The van der Waals surface area contributed by atoms with E-state index in [0.717, 1.165) is 16.7 Å². The molecule has 7 heteroatoms. The van der Waals surface area contributed by atoms with E-state index in [9.17, 15) is 4.79 Å². The van der Waals surface area contributed by atoms with Crippen LogP contribution < -0.4 is 5.32 Å². The average Bonchev–Trinajstić information content (AvgIpc) is 2.96. The number of hydrogen-bond donors (Lipinski definition) is 1. The Balaban J connectivity index is 2.04. The van der Waals surface area contributed by atoms with Crippen LogP contribution in [0.2, 0.25) is 0 Å². The highest BCUT2D eigenvalue weighted by Gasteiger charge is 2.18. The van der Waals surface area contributed by atoms with Crippen LogP contribution in [0.3, 0.4) is 0 Å². The van der Waals surface area contributed by atoms with E-state index in [1.165, 1.54) is 32.1 Å². The number of amides is 1. The van der Waals surface area contributed by atoms with Crippen LogP contribution in [-0.2, 0) is 11.3 Å². The van der Waals surface area contributed by atoms with E-state index in [-0.39, 0.29) is 12.5 Å². The zero-order valence-corrected chi connectivity index (χ0v) is 16.0. The molecule has 0 aromatic carbocycles. The molecule has 0 spiro atoms. The molecular weight excluding hydrogens is 322 g/mol. The summed E-state index contributed by atoms with van der Waals surface area (Å²) in [6.07, 6.45) is 6.18. The van der Waals surface area contributed by atoms with Crippen molar-refractivity contribution in [3.05, 3.63) is 16.1 Å². The summed E-state index contributed by atoms with van der Waals surface area (Å²) in [7, 11) is 5.52. The maximum atomic E-state index is 11.9. The minimum atomic E-state index is 0.0100. The van der Waals surface area contributed by atoms with Crippen molar-refractivity contribution < 1.29 is 4.79 Å². The molecule has 1 heterocycles. The van der Waals surface area contributed by atoms with Crippen LogP contribution in [0.4, 0.5) is 0 Å². The molecule has 1 aromatic rings. The molecule has 1 N–H and O–H groups in total. The van der Waals surface area contributed by atoms with Crippen molar-refractivity contribution in [3.63, 3.8) is 0 Å². The number of aliphatic imine (C=N–C) groups is 1. The van der Waals surface area contributed by atoms with Gasteiger partial charge in [0.05, 0.1) is 17.2 Å². The standard InChI is InChI=1S/C17H29N5OS/c1-13-19-15(12-24-13)11-22(4)17(18-10-16(23)21(2)3)20-14-8-6-5-7-9-14/h12,14H,5-11H2,1-4H3,(H,18,20). The number of thiazole rings is 1. The molecule has 1 aromatic heterocycles. The Hall–Kier alpha value is -1.63. The average molecular weight is 352 g/mol. The first kappa shape index (κ1) is 18.7. The van der Waals surface area contributed by atoms with Crippen molar-refractivity contribution in [3.8, 4) is 0 Å². The van der Waals surface area contributed by atoms with Crippen molar-refractivity contribution in [1.82, 2.24) is 20.1 Å². The van der Waals surface area contributed by atoms with E-state index in [4.69, 9.17) is 0 Å². The summed E-state index contributed by atoms with van der Waals surface area (Å²) in [5, 5.41) is 6.71. The lowest BCUT2D eigenvalue weighted by Crippen LogP contribution is -2.45. The van der Waals surface area contributed by atoms with Gasteiger partial charge in [0.2, 0.25) is 5.91 Å². The number of aryl methyl sites for hydroxylation is 1. The van der Waals surface area contributed by atoms with Gasteiger partial charge in [-0.15, -0.1) is 11.3 Å². The second-order valence-electron chi connectivity index (χ2n) is 6.62. The van der Waals surface area contributed by atoms with Crippen LogP contribution in [-0.4, -0.2) is 60.4 Å².